The molecule has 2 heteroatoms. The van der Waals surface area contributed by atoms with E-state index in [-0.39, 0.29) is 5.54 Å². The molecule has 2 aromatic rings. The molecule has 0 aliphatic carbocycles. The summed E-state index contributed by atoms with van der Waals surface area (Å²) in [5.41, 5.74) is 2.46. The van der Waals surface area contributed by atoms with E-state index in [1.807, 2.05) is 36.4 Å². The van der Waals surface area contributed by atoms with Gasteiger partial charge in [0.2, 0.25) is 0 Å². The van der Waals surface area contributed by atoms with Gasteiger partial charge in [-0.05, 0) is 32.4 Å². The van der Waals surface area contributed by atoms with Crippen LogP contribution in [0.3, 0.4) is 0 Å². The molecule has 0 aromatic heterocycles. The van der Waals surface area contributed by atoms with Crippen LogP contribution in [0.4, 0.5) is 0 Å². The Kier molecular flexibility index (Phi) is 4.80. The maximum Gasteiger partial charge on any atom is 0.127 e. The Balaban J connectivity index is 2.02. The zero-order chi connectivity index (χ0) is 14.4. The highest BCUT2D eigenvalue weighted by molar-refractivity contribution is 5.70. The third-order valence-electron chi connectivity index (χ3n) is 2.99. The van der Waals surface area contributed by atoms with Crippen LogP contribution in [0.1, 0.15) is 20.8 Å². The zero-order valence-corrected chi connectivity index (χ0v) is 12.5. The van der Waals surface area contributed by atoms with Crippen molar-refractivity contribution in [1.82, 2.24) is 5.32 Å². The molecule has 0 saturated carbocycles. The number of nitrogens with one attached hydrogen (secondary N) is 1. The van der Waals surface area contributed by atoms with Crippen LogP contribution in [-0.2, 0) is 0 Å². The Hall–Kier alpha value is -1.80. The van der Waals surface area contributed by atoms with Gasteiger partial charge in [0.25, 0.3) is 0 Å². The van der Waals surface area contributed by atoms with Crippen molar-refractivity contribution in [3.63, 3.8) is 0 Å². The molecule has 1 N–H and O–H groups in total. The van der Waals surface area contributed by atoms with Gasteiger partial charge in [0.15, 0.2) is 0 Å². The van der Waals surface area contributed by atoms with E-state index in [1.165, 1.54) is 5.56 Å². The van der Waals surface area contributed by atoms with Crippen molar-refractivity contribution in [1.29, 1.82) is 0 Å². The van der Waals surface area contributed by atoms with Gasteiger partial charge in [-0.3, -0.25) is 0 Å². The molecule has 0 saturated heterocycles. The third kappa shape index (κ3) is 4.39. The average Bonchev–Trinajstić information content (AvgIpc) is 2.44. The molecule has 20 heavy (non-hydrogen) atoms. The number of para-hydroxylation sites is 1. The zero-order valence-electron chi connectivity index (χ0n) is 12.5. The molecule has 0 aliphatic heterocycles. The molecular formula is C18H23NO. The molecule has 2 nitrogen and oxygen atoms in total. The van der Waals surface area contributed by atoms with E-state index in [2.05, 4.69) is 44.3 Å². The Labute approximate surface area is 121 Å². The van der Waals surface area contributed by atoms with Crippen LogP contribution in [0.2, 0.25) is 0 Å². The summed E-state index contributed by atoms with van der Waals surface area (Å²) in [5, 5.41) is 3.43. The first-order valence-corrected chi connectivity index (χ1v) is 7.08. The van der Waals surface area contributed by atoms with Crippen LogP contribution in [-0.4, -0.2) is 18.7 Å². The quantitative estimate of drug-likeness (QED) is 0.824. The molecule has 106 valence electrons. The van der Waals surface area contributed by atoms with E-state index in [9.17, 15) is 0 Å². The van der Waals surface area contributed by atoms with Gasteiger partial charge >= 0.3 is 0 Å². The fourth-order valence-electron chi connectivity index (χ4n) is 2.04. The van der Waals surface area contributed by atoms with Gasteiger partial charge in [-0.1, -0.05) is 48.5 Å². The Bertz CT molecular complexity index is 529. The first-order chi connectivity index (χ1) is 9.56. The first-order valence-electron chi connectivity index (χ1n) is 7.08. The number of hydrogen-bond acceptors (Lipinski definition) is 2. The molecule has 0 fully saturated rings. The monoisotopic (exact) mass is 269 g/mol. The van der Waals surface area contributed by atoms with Crippen LogP contribution < -0.4 is 10.1 Å². The lowest BCUT2D eigenvalue weighted by Gasteiger charge is -2.21. The summed E-state index contributed by atoms with van der Waals surface area (Å²) < 4.78 is 5.92. The maximum atomic E-state index is 5.92. The van der Waals surface area contributed by atoms with Crippen LogP contribution >= 0.6 is 0 Å². The van der Waals surface area contributed by atoms with E-state index in [4.69, 9.17) is 4.74 Å². The van der Waals surface area contributed by atoms with Crippen molar-refractivity contribution in [2.24, 2.45) is 0 Å². The molecule has 2 rings (SSSR count). The summed E-state index contributed by atoms with van der Waals surface area (Å²) in [6, 6.07) is 18.5. The van der Waals surface area contributed by atoms with Crippen LogP contribution in [0.5, 0.6) is 5.75 Å². The highest BCUT2D eigenvalue weighted by Crippen LogP contribution is 2.29. The number of hydrogen-bond donors (Lipinski definition) is 1. The third-order valence-corrected chi connectivity index (χ3v) is 2.99. The van der Waals surface area contributed by atoms with Crippen molar-refractivity contribution in [2.45, 2.75) is 26.3 Å². The van der Waals surface area contributed by atoms with Crippen LogP contribution in [0.25, 0.3) is 11.1 Å². The fraction of sp³-hybridized carbons (Fsp3) is 0.333. The van der Waals surface area contributed by atoms with Gasteiger partial charge in [0, 0.05) is 17.6 Å². The smallest absolute Gasteiger partial charge is 0.127 e. The van der Waals surface area contributed by atoms with E-state index < -0.39 is 0 Å². The normalized spacial score (nSPS) is 11.3. The maximum absolute atomic E-state index is 5.92. The van der Waals surface area contributed by atoms with Gasteiger partial charge in [-0.2, -0.15) is 0 Å². The lowest BCUT2D eigenvalue weighted by Crippen LogP contribution is -2.38. The number of ether oxygens (including phenoxy) is 1. The summed E-state index contributed by atoms with van der Waals surface area (Å²) in [6.45, 7) is 7.98. The molecule has 2 aromatic carbocycles. The van der Waals surface area contributed by atoms with Crippen molar-refractivity contribution in [3.8, 4) is 16.9 Å². The first kappa shape index (κ1) is 14.6. The van der Waals surface area contributed by atoms with E-state index in [0.29, 0.717) is 6.61 Å². The van der Waals surface area contributed by atoms with Crippen molar-refractivity contribution >= 4 is 0 Å². The largest absolute Gasteiger partial charge is 0.492 e. The summed E-state index contributed by atoms with van der Waals surface area (Å²) in [6.07, 6.45) is 0. The predicted octanol–water partition coefficient (Wildman–Crippen LogP) is 4.12. The van der Waals surface area contributed by atoms with E-state index >= 15 is 0 Å². The Morgan fingerprint density at radius 3 is 2.25 bits per heavy atom. The van der Waals surface area contributed by atoms with Gasteiger partial charge in [0.05, 0.1) is 0 Å². The predicted molar refractivity (Wildman–Crippen MR) is 85.1 cm³/mol. The van der Waals surface area contributed by atoms with E-state index in [0.717, 1.165) is 17.9 Å². The van der Waals surface area contributed by atoms with Crippen LogP contribution in [0.15, 0.2) is 54.6 Å². The Morgan fingerprint density at radius 2 is 1.55 bits per heavy atom. The minimum atomic E-state index is 0.127. The molecule has 0 bridgehead atoms. The van der Waals surface area contributed by atoms with Crippen molar-refractivity contribution < 1.29 is 4.74 Å². The lowest BCUT2D eigenvalue weighted by atomic mass is 10.1. The van der Waals surface area contributed by atoms with Gasteiger partial charge in [0.1, 0.15) is 12.4 Å². The number of rotatable bonds is 5. The average molecular weight is 269 g/mol. The van der Waals surface area contributed by atoms with Crippen molar-refractivity contribution in [3.05, 3.63) is 54.6 Å². The summed E-state index contributed by atoms with van der Waals surface area (Å²) in [4.78, 5) is 0. The number of benzene rings is 2. The summed E-state index contributed by atoms with van der Waals surface area (Å²) >= 11 is 0. The minimum absolute atomic E-state index is 0.127. The second-order valence-corrected chi connectivity index (χ2v) is 5.89. The highest BCUT2D eigenvalue weighted by atomic mass is 16.5. The molecule has 0 atom stereocenters. The summed E-state index contributed by atoms with van der Waals surface area (Å²) in [5.74, 6) is 0.939. The van der Waals surface area contributed by atoms with Crippen LogP contribution in [0, 0.1) is 0 Å². The molecule has 0 aliphatic rings. The van der Waals surface area contributed by atoms with Gasteiger partial charge < -0.3 is 10.1 Å². The molecule has 0 unspecified atom stereocenters. The molecule has 0 radical (unpaired) electrons. The topological polar surface area (TPSA) is 21.3 Å². The lowest BCUT2D eigenvalue weighted by molar-refractivity contribution is 0.292. The summed E-state index contributed by atoms with van der Waals surface area (Å²) in [7, 11) is 0. The fourth-order valence-corrected chi connectivity index (χ4v) is 2.04. The Morgan fingerprint density at radius 1 is 0.900 bits per heavy atom. The molecule has 0 spiro atoms. The molecule has 0 amide bonds. The van der Waals surface area contributed by atoms with Crippen molar-refractivity contribution in [2.75, 3.05) is 13.2 Å². The van der Waals surface area contributed by atoms with Gasteiger partial charge in [-0.25, -0.2) is 0 Å². The second-order valence-electron chi connectivity index (χ2n) is 5.89. The molecular weight excluding hydrogens is 246 g/mol. The molecule has 0 heterocycles. The van der Waals surface area contributed by atoms with E-state index in [1.54, 1.807) is 0 Å². The highest BCUT2D eigenvalue weighted by Gasteiger charge is 2.08. The minimum Gasteiger partial charge on any atom is -0.492 e. The second kappa shape index (κ2) is 6.58. The standard InChI is InChI=1S/C18H23NO/c1-18(2,3)19-13-14-20-17-12-8-7-11-16(17)15-9-5-4-6-10-15/h4-12,19H,13-14H2,1-3H3. The van der Waals surface area contributed by atoms with Gasteiger partial charge in [-0.15, -0.1) is 0 Å². The SMILES string of the molecule is CC(C)(C)NCCOc1ccccc1-c1ccccc1.